The Morgan fingerprint density at radius 3 is 1.94 bits per heavy atom. The Balaban J connectivity index is 0. The van der Waals surface area contributed by atoms with Crippen LogP contribution in [0.25, 0.3) is 0 Å². The third kappa shape index (κ3) is 7.19. The average molecular weight is 234 g/mol. The molecule has 16 heavy (non-hydrogen) atoms. The van der Waals surface area contributed by atoms with Crippen molar-refractivity contribution in [2.45, 2.75) is 25.7 Å². The zero-order valence-corrected chi connectivity index (χ0v) is 9.99. The fourth-order valence-corrected chi connectivity index (χ4v) is 1.26. The van der Waals surface area contributed by atoms with Crippen LogP contribution in [0.2, 0.25) is 0 Å². The van der Waals surface area contributed by atoms with E-state index in [2.05, 4.69) is 10.5 Å². The van der Waals surface area contributed by atoms with Crippen LogP contribution in [-0.2, 0) is 14.3 Å². The lowest BCUT2D eigenvalue weighted by atomic mass is 10.4. The number of cyclic esters (lactones) is 1. The molecule has 6 heteroatoms. The van der Waals surface area contributed by atoms with Crippen molar-refractivity contribution >= 4 is 11.9 Å². The number of carbonyl (C=O) groups is 2. The first-order chi connectivity index (χ1) is 7.20. The number of nitrogens with zero attached hydrogens (tertiary/aromatic N) is 1. The maximum absolute atomic E-state index is 10.5. The molecular formula is C10H22N2O4. The molecule has 2 aliphatic rings. The lowest BCUT2D eigenvalue weighted by Crippen LogP contribution is -2.17. The summed E-state index contributed by atoms with van der Waals surface area (Å²) in [5.74, 6) is 0.245. The van der Waals surface area contributed by atoms with Crippen LogP contribution < -0.4 is 5.73 Å². The van der Waals surface area contributed by atoms with E-state index in [1.165, 1.54) is 7.05 Å². The minimum atomic E-state index is -0.0463. The second-order valence-corrected chi connectivity index (χ2v) is 3.24. The zero-order valence-electron chi connectivity index (χ0n) is 9.99. The van der Waals surface area contributed by atoms with Crippen LogP contribution in [0.15, 0.2) is 0 Å². The molecule has 0 radical (unpaired) electrons. The highest BCUT2D eigenvalue weighted by Crippen LogP contribution is 2.04. The molecule has 96 valence electrons. The second kappa shape index (κ2) is 10.4. The van der Waals surface area contributed by atoms with Crippen molar-refractivity contribution in [3.8, 4) is 0 Å². The summed E-state index contributed by atoms with van der Waals surface area (Å²) in [5.41, 5.74) is 4.50. The number of ether oxygens (including phenoxy) is 1. The van der Waals surface area contributed by atoms with Gasteiger partial charge >= 0.3 is 5.97 Å². The first-order valence-corrected chi connectivity index (χ1v) is 5.17. The number of hydrogen-bond acceptors (Lipinski definition) is 4. The van der Waals surface area contributed by atoms with Gasteiger partial charge < -0.3 is 20.8 Å². The number of amides is 1. The molecule has 2 heterocycles. The molecule has 0 saturated carbocycles. The first-order valence-electron chi connectivity index (χ1n) is 5.17. The minimum absolute atomic E-state index is 0. The number of carbonyl (C=O) groups excluding carboxylic acids is 2. The van der Waals surface area contributed by atoms with Gasteiger partial charge in [-0.05, 0) is 19.9 Å². The van der Waals surface area contributed by atoms with Crippen LogP contribution in [0.1, 0.15) is 25.7 Å². The third-order valence-corrected chi connectivity index (χ3v) is 2.10. The van der Waals surface area contributed by atoms with Crippen LogP contribution in [0, 0.1) is 0 Å². The maximum Gasteiger partial charge on any atom is 0.305 e. The van der Waals surface area contributed by atoms with Crippen LogP contribution in [0.3, 0.4) is 0 Å². The Labute approximate surface area is 96.0 Å². The van der Waals surface area contributed by atoms with Gasteiger partial charge in [0.1, 0.15) is 0 Å². The average Bonchev–Trinajstić information content (AvgIpc) is 2.84. The molecule has 0 atom stereocenters. The van der Waals surface area contributed by atoms with Crippen molar-refractivity contribution in [3.05, 3.63) is 0 Å². The Morgan fingerprint density at radius 2 is 1.81 bits per heavy atom. The van der Waals surface area contributed by atoms with E-state index in [-0.39, 0.29) is 11.4 Å². The van der Waals surface area contributed by atoms with Crippen molar-refractivity contribution in [2.24, 2.45) is 5.73 Å². The topological polar surface area (TPSA) is 104 Å². The number of esters is 1. The van der Waals surface area contributed by atoms with Gasteiger partial charge in [-0.25, -0.2) is 0 Å². The predicted octanol–water partition coefficient (Wildman–Crippen LogP) is -0.688. The van der Waals surface area contributed by atoms with Gasteiger partial charge in [-0.15, -0.1) is 0 Å². The van der Waals surface area contributed by atoms with Crippen molar-refractivity contribution in [3.63, 3.8) is 0 Å². The Bertz CT molecular complexity index is 201. The largest absolute Gasteiger partial charge is 0.466 e. The highest BCUT2D eigenvalue weighted by molar-refractivity contribution is 5.77. The summed E-state index contributed by atoms with van der Waals surface area (Å²) in [6, 6.07) is 0. The van der Waals surface area contributed by atoms with Crippen molar-refractivity contribution in [1.82, 2.24) is 4.90 Å². The molecule has 2 rings (SSSR count). The highest BCUT2D eigenvalue weighted by Gasteiger charge is 2.14. The lowest BCUT2D eigenvalue weighted by molar-refractivity contribution is -0.138. The fraction of sp³-hybridized carbons (Fsp3) is 0.800. The number of nitrogens with two attached hydrogens (primary N) is 1. The Morgan fingerprint density at radius 1 is 1.19 bits per heavy atom. The summed E-state index contributed by atoms with van der Waals surface area (Å²) >= 11 is 0. The van der Waals surface area contributed by atoms with Gasteiger partial charge in [-0.1, -0.05) is 0 Å². The number of likely N-dealkylation sites (tertiary alicyclic amines) is 1. The molecule has 2 fully saturated rings. The van der Waals surface area contributed by atoms with Gasteiger partial charge in [0.05, 0.1) is 6.61 Å². The molecule has 0 aromatic heterocycles. The maximum atomic E-state index is 10.5. The third-order valence-electron chi connectivity index (χ3n) is 2.10. The molecule has 0 aromatic carbocycles. The van der Waals surface area contributed by atoms with E-state index >= 15 is 0 Å². The van der Waals surface area contributed by atoms with E-state index in [9.17, 15) is 9.59 Å². The van der Waals surface area contributed by atoms with Gasteiger partial charge in [-0.2, -0.15) is 0 Å². The molecule has 6 nitrogen and oxygen atoms in total. The summed E-state index contributed by atoms with van der Waals surface area (Å²) in [6.45, 7) is 1.59. The second-order valence-electron chi connectivity index (χ2n) is 3.24. The Hall–Kier alpha value is -1.14. The molecule has 0 aromatic rings. The van der Waals surface area contributed by atoms with Gasteiger partial charge in [0.2, 0.25) is 5.91 Å². The van der Waals surface area contributed by atoms with E-state index in [1.807, 2.05) is 7.05 Å². The predicted molar refractivity (Wildman–Crippen MR) is 60.8 cm³/mol. The molecule has 0 bridgehead atoms. The standard InChI is InChI=1S/C5H9NO.C4H6O2.CH5N.H2O/c1-6-4-2-3-5(6)7;5-4-2-1-3-6-4;1-2;/h2-4H2,1H3;1-3H2;2H2,1H3;1H2. The number of rotatable bonds is 0. The smallest absolute Gasteiger partial charge is 0.305 e. The highest BCUT2D eigenvalue weighted by atomic mass is 16.5. The summed E-state index contributed by atoms with van der Waals surface area (Å²) in [5, 5.41) is 0. The van der Waals surface area contributed by atoms with Gasteiger partial charge in [0.15, 0.2) is 0 Å². The fourth-order valence-electron chi connectivity index (χ4n) is 1.26. The van der Waals surface area contributed by atoms with E-state index in [4.69, 9.17) is 0 Å². The monoisotopic (exact) mass is 234 g/mol. The molecule has 2 aliphatic heterocycles. The number of hydrogen-bond donors (Lipinski definition) is 1. The lowest BCUT2D eigenvalue weighted by Gasteiger charge is -2.03. The summed E-state index contributed by atoms with van der Waals surface area (Å²) in [6.07, 6.45) is 3.35. The Kier molecular flexibility index (Phi) is 11.2. The minimum Gasteiger partial charge on any atom is -0.466 e. The van der Waals surface area contributed by atoms with Crippen molar-refractivity contribution in [1.29, 1.82) is 0 Å². The quantitative estimate of drug-likeness (QED) is 0.560. The SMILES string of the molecule is CN.CN1CCCC1=O.O.O=C1CCCO1. The van der Waals surface area contributed by atoms with E-state index in [0.717, 1.165) is 25.8 Å². The van der Waals surface area contributed by atoms with E-state index in [0.29, 0.717) is 18.9 Å². The molecule has 0 spiro atoms. The van der Waals surface area contributed by atoms with Crippen LogP contribution >= 0.6 is 0 Å². The first kappa shape index (κ1) is 17.3. The van der Waals surface area contributed by atoms with Crippen LogP contribution in [0.4, 0.5) is 0 Å². The molecule has 0 aliphatic carbocycles. The van der Waals surface area contributed by atoms with Gasteiger partial charge in [0.25, 0.3) is 0 Å². The van der Waals surface area contributed by atoms with Gasteiger partial charge in [-0.3, -0.25) is 9.59 Å². The molecule has 4 N–H and O–H groups in total. The zero-order chi connectivity index (χ0) is 11.7. The van der Waals surface area contributed by atoms with Crippen molar-refractivity contribution < 1.29 is 19.8 Å². The van der Waals surface area contributed by atoms with Crippen LogP contribution in [-0.4, -0.2) is 49.5 Å². The van der Waals surface area contributed by atoms with E-state index in [1.54, 1.807) is 4.90 Å². The molecule has 1 amide bonds. The summed E-state index contributed by atoms with van der Waals surface area (Å²) in [7, 11) is 3.34. The van der Waals surface area contributed by atoms with Crippen molar-refractivity contribution in [2.75, 3.05) is 27.2 Å². The molecule has 2 saturated heterocycles. The van der Waals surface area contributed by atoms with Crippen LogP contribution in [0.5, 0.6) is 0 Å². The van der Waals surface area contributed by atoms with Gasteiger partial charge in [0, 0.05) is 26.4 Å². The summed E-state index contributed by atoms with van der Waals surface area (Å²) in [4.78, 5) is 22.3. The normalized spacial score (nSPS) is 17.6. The van der Waals surface area contributed by atoms with E-state index < -0.39 is 0 Å². The molecular weight excluding hydrogens is 212 g/mol. The summed E-state index contributed by atoms with van der Waals surface area (Å²) < 4.78 is 4.51. The molecule has 0 unspecified atom stereocenters.